The molecule has 2 aromatic heterocycles. The quantitative estimate of drug-likeness (QED) is 0.753. The lowest BCUT2D eigenvalue weighted by Crippen LogP contribution is -2.30. The molecule has 0 fully saturated rings. The number of nitrogens with zero attached hydrogens (tertiary/aromatic N) is 1. The smallest absolute Gasteiger partial charge is 0.226 e. The fourth-order valence-electron chi connectivity index (χ4n) is 2.34. The molecule has 23 heavy (non-hydrogen) atoms. The number of aromatic nitrogens is 1. The zero-order valence-corrected chi connectivity index (χ0v) is 13.8. The molecule has 3 nitrogen and oxygen atoms in total. The van der Waals surface area contributed by atoms with Crippen molar-refractivity contribution in [3.8, 4) is 0 Å². The summed E-state index contributed by atoms with van der Waals surface area (Å²) in [4.78, 5) is 17.6. The number of carbonyl (C=O) groups is 1. The van der Waals surface area contributed by atoms with Crippen LogP contribution in [0.4, 0.5) is 0 Å². The van der Waals surface area contributed by atoms with Crippen LogP contribution < -0.4 is 5.32 Å². The fraction of sp³-hybridized carbons (Fsp3) is 0.111. The van der Waals surface area contributed by atoms with E-state index >= 15 is 0 Å². The maximum Gasteiger partial charge on any atom is 0.226 e. The number of nitrogens with one attached hydrogen (secondary N) is 1. The molecule has 1 N–H and O–H groups in total. The van der Waals surface area contributed by atoms with Crippen LogP contribution >= 0.6 is 22.9 Å². The van der Waals surface area contributed by atoms with Crippen molar-refractivity contribution in [2.75, 3.05) is 0 Å². The summed E-state index contributed by atoms with van der Waals surface area (Å²) in [5.74, 6) is -0.0174. The third-order valence-electron chi connectivity index (χ3n) is 3.44. The summed E-state index contributed by atoms with van der Waals surface area (Å²) >= 11 is 7.55. The predicted molar refractivity (Wildman–Crippen MR) is 93.7 cm³/mol. The van der Waals surface area contributed by atoms with Gasteiger partial charge in [-0.25, -0.2) is 0 Å². The number of rotatable bonds is 5. The van der Waals surface area contributed by atoms with Crippen LogP contribution in [-0.4, -0.2) is 10.9 Å². The Kier molecular flexibility index (Phi) is 5.05. The second-order valence-corrected chi connectivity index (χ2v) is 6.56. The molecule has 5 heteroatoms. The first-order valence-corrected chi connectivity index (χ1v) is 8.45. The number of thiophene rings is 1. The van der Waals surface area contributed by atoms with Crippen LogP contribution in [0, 0.1) is 0 Å². The van der Waals surface area contributed by atoms with Gasteiger partial charge >= 0.3 is 0 Å². The molecule has 3 aromatic rings. The Morgan fingerprint density at radius 2 is 1.96 bits per heavy atom. The number of benzene rings is 1. The lowest BCUT2D eigenvalue weighted by molar-refractivity contribution is -0.120. The maximum atomic E-state index is 12.4. The van der Waals surface area contributed by atoms with E-state index in [-0.39, 0.29) is 11.9 Å². The summed E-state index contributed by atoms with van der Waals surface area (Å²) < 4.78 is 0. The predicted octanol–water partition coefficient (Wildman–Crippen LogP) is 4.24. The topological polar surface area (TPSA) is 42.0 Å². The molecule has 0 saturated carbocycles. The van der Waals surface area contributed by atoms with Crippen molar-refractivity contribution in [1.29, 1.82) is 0 Å². The molecular formula is C18H15ClN2OS. The molecule has 0 aliphatic rings. The Hall–Kier alpha value is -2.17. The number of hydrogen-bond donors (Lipinski definition) is 1. The highest BCUT2D eigenvalue weighted by atomic mass is 35.5. The number of halogens is 1. The highest BCUT2D eigenvalue weighted by Crippen LogP contribution is 2.23. The second kappa shape index (κ2) is 7.40. The number of hydrogen-bond acceptors (Lipinski definition) is 3. The fourth-order valence-corrected chi connectivity index (χ4v) is 3.17. The third kappa shape index (κ3) is 4.18. The van der Waals surface area contributed by atoms with Gasteiger partial charge in [-0.05, 0) is 40.8 Å². The van der Waals surface area contributed by atoms with Crippen LogP contribution in [0.15, 0.2) is 66.3 Å². The van der Waals surface area contributed by atoms with Crippen molar-refractivity contribution in [3.63, 3.8) is 0 Å². The molecule has 0 radical (unpaired) electrons. The van der Waals surface area contributed by atoms with Gasteiger partial charge in [0.05, 0.1) is 12.5 Å². The normalized spacial score (nSPS) is 11.9. The lowest BCUT2D eigenvalue weighted by Gasteiger charge is -2.19. The van der Waals surface area contributed by atoms with Gasteiger partial charge in [-0.15, -0.1) is 11.3 Å². The molecule has 3 rings (SSSR count). The summed E-state index contributed by atoms with van der Waals surface area (Å²) in [6.07, 6.45) is 3.86. The molecule has 0 aliphatic carbocycles. The minimum absolute atomic E-state index is 0.0174. The van der Waals surface area contributed by atoms with Crippen LogP contribution in [0.25, 0.3) is 0 Å². The Balaban J connectivity index is 1.83. The molecule has 0 bridgehead atoms. The number of amides is 1. The van der Waals surface area contributed by atoms with E-state index in [0.717, 1.165) is 16.0 Å². The summed E-state index contributed by atoms with van der Waals surface area (Å²) in [6, 6.07) is 15.0. The van der Waals surface area contributed by atoms with E-state index in [1.807, 2.05) is 53.9 Å². The summed E-state index contributed by atoms with van der Waals surface area (Å²) in [7, 11) is 0. The zero-order valence-electron chi connectivity index (χ0n) is 12.3. The van der Waals surface area contributed by atoms with Crippen LogP contribution in [0.1, 0.15) is 22.0 Å². The summed E-state index contributed by atoms with van der Waals surface area (Å²) in [6.45, 7) is 0. The van der Waals surface area contributed by atoms with E-state index in [9.17, 15) is 4.79 Å². The second-order valence-electron chi connectivity index (χ2n) is 5.09. The highest BCUT2D eigenvalue weighted by molar-refractivity contribution is 7.10. The molecule has 2 heterocycles. The average Bonchev–Trinajstić information content (AvgIpc) is 3.07. The van der Waals surface area contributed by atoms with Crippen molar-refractivity contribution in [2.45, 2.75) is 12.5 Å². The van der Waals surface area contributed by atoms with Crippen LogP contribution in [0.2, 0.25) is 5.02 Å². The van der Waals surface area contributed by atoms with Gasteiger partial charge in [-0.2, -0.15) is 0 Å². The van der Waals surface area contributed by atoms with Gasteiger partial charge in [0.25, 0.3) is 0 Å². The van der Waals surface area contributed by atoms with Gasteiger partial charge in [-0.3, -0.25) is 9.78 Å². The first kappa shape index (κ1) is 15.7. The Labute approximate surface area is 144 Å². The lowest BCUT2D eigenvalue weighted by atomic mass is 10.00. The van der Waals surface area contributed by atoms with E-state index in [2.05, 4.69) is 10.3 Å². The Morgan fingerprint density at radius 3 is 2.61 bits per heavy atom. The van der Waals surface area contributed by atoms with E-state index in [4.69, 9.17) is 11.6 Å². The van der Waals surface area contributed by atoms with Crippen molar-refractivity contribution in [3.05, 3.63) is 87.3 Å². The first-order chi connectivity index (χ1) is 11.2. The van der Waals surface area contributed by atoms with Crippen LogP contribution in [-0.2, 0) is 11.2 Å². The SMILES string of the molecule is O=C(Cc1cccs1)NC(c1ccc(Cl)cc1)c1cccnc1. The number of pyridine rings is 1. The molecular weight excluding hydrogens is 328 g/mol. The Bertz CT molecular complexity index is 757. The van der Waals surface area contributed by atoms with Crippen molar-refractivity contribution in [2.24, 2.45) is 0 Å². The first-order valence-electron chi connectivity index (χ1n) is 7.19. The Morgan fingerprint density at radius 1 is 1.13 bits per heavy atom. The van der Waals surface area contributed by atoms with Gasteiger partial charge in [-0.1, -0.05) is 35.9 Å². The molecule has 0 saturated heterocycles. The van der Waals surface area contributed by atoms with Crippen LogP contribution in [0.5, 0.6) is 0 Å². The van der Waals surface area contributed by atoms with Gasteiger partial charge in [0.2, 0.25) is 5.91 Å². The maximum absolute atomic E-state index is 12.4. The summed E-state index contributed by atoms with van der Waals surface area (Å²) in [5, 5.41) is 5.73. The molecule has 0 spiro atoms. The van der Waals surface area contributed by atoms with Gasteiger partial charge < -0.3 is 5.32 Å². The molecule has 116 valence electrons. The standard InChI is InChI=1S/C18H15ClN2OS/c19-15-7-5-13(6-8-15)18(14-3-1-9-20-12-14)21-17(22)11-16-4-2-10-23-16/h1-10,12,18H,11H2,(H,21,22). The third-order valence-corrected chi connectivity index (χ3v) is 4.57. The van der Waals surface area contributed by atoms with E-state index in [1.165, 1.54) is 0 Å². The molecule has 1 aromatic carbocycles. The van der Waals surface area contributed by atoms with Crippen molar-refractivity contribution >= 4 is 28.8 Å². The van der Waals surface area contributed by atoms with Crippen LogP contribution in [0.3, 0.4) is 0 Å². The molecule has 0 aliphatic heterocycles. The number of carbonyl (C=O) groups excluding carboxylic acids is 1. The van der Waals surface area contributed by atoms with Crippen molar-refractivity contribution < 1.29 is 4.79 Å². The van der Waals surface area contributed by atoms with Gasteiger partial charge in [0.15, 0.2) is 0 Å². The highest BCUT2D eigenvalue weighted by Gasteiger charge is 2.17. The summed E-state index contributed by atoms with van der Waals surface area (Å²) in [5.41, 5.74) is 1.91. The van der Waals surface area contributed by atoms with E-state index in [0.29, 0.717) is 11.4 Å². The minimum atomic E-state index is -0.242. The molecule has 1 unspecified atom stereocenters. The molecule has 1 atom stereocenters. The van der Waals surface area contributed by atoms with Gasteiger partial charge in [0.1, 0.15) is 0 Å². The monoisotopic (exact) mass is 342 g/mol. The minimum Gasteiger partial charge on any atom is -0.345 e. The van der Waals surface area contributed by atoms with E-state index in [1.54, 1.807) is 23.7 Å². The average molecular weight is 343 g/mol. The van der Waals surface area contributed by atoms with Gasteiger partial charge in [0, 0.05) is 22.3 Å². The largest absolute Gasteiger partial charge is 0.345 e. The van der Waals surface area contributed by atoms with Crippen molar-refractivity contribution in [1.82, 2.24) is 10.3 Å². The van der Waals surface area contributed by atoms with E-state index < -0.39 is 0 Å². The zero-order chi connectivity index (χ0) is 16.1. The molecule has 1 amide bonds.